The van der Waals surface area contributed by atoms with E-state index in [-0.39, 0.29) is 11.8 Å². The zero-order chi connectivity index (χ0) is 19.0. The van der Waals surface area contributed by atoms with E-state index in [1.165, 1.54) is 11.3 Å². The van der Waals surface area contributed by atoms with Crippen molar-refractivity contribution in [1.82, 2.24) is 9.97 Å². The zero-order valence-electron chi connectivity index (χ0n) is 14.6. The number of nitrogens with one attached hydrogen (secondary N) is 2. The summed E-state index contributed by atoms with van der Waals surface area (Å²) in [5.74, 6) is 0.0966. The lowest BCUT2D eigenvalue weighted by Gasteiger charge is -2.23. The van der Waals surface area contributed by atoms with Gasteiger partial charge in [0.25, 0.3) is 11.8 Å². The van der Waals surface area contributed by atoms with Crippen molar-refractivity contribution in [3.05, 3.63) is 53.2 Å². The van der Waals surface area contributed by atoms with Gasteiger partial charge in [0.15, 0.2) is 6.10 Å². The molecule has 27 heavy (non-hydrogen) atoms. The molecule has 0 radical (unpaired) electrons. The molecule has 1 aliphatic rings. The third-order valence-corrected chi connectivity index (χ3v) is 5.23. The monoisotopic (exact) mass is 380 g/mol. The summed E-state index contributed by atoms with van der Waals surface area (Å²) in [5.41, 5.74) is 2.46. The van der Waals surface area contributed by atoms with Crippen LogP contribution in [0.3, 0.4) is 0 Å². The molecule has 4 rings (SSSR count). The first-order valence-corrected chi connectivity index (χ1v) is 9.14. The molecule has 1 atom stereocenters. The van der Waals surface area contributed by atoms with Gasteiger partial charge in [0, 0.05) is 11.9 Å². The van der Waals surface area contributed by atoms with Crippen LogP contribution in [0.25, 0.3) is 10.7 Å². The van der Waals surface area contributed by atoms with E-state index in [2.05, 4.69) is 20.6 Å². The van der Waals surface area contributed by atoms with Gasteiger partial charge in [-0.2, -0.15) is 0 Å². The van der Waals surface area contributed by atoms with Crippen molar-refractivity contribution < 1.29 is 14.3 Å². The fourth-order valence-corrected chi connectivity index (χ4v) is 3.62. The summed E-state index contributed by atoms with van der Waals surface area (Å²) in [6.45, 7) is 3.47. The molecule has 1 unspecified atom stereocenters. The van der Waals surface area contributed by atoms with E-state index >= 15 is 0 Å². The van der Waals surface area contributed by atoms with E-state index in [9.17, 15) is 9.59 Å². The van der Waals surface area contributed by atoms with Crippen molar-refractivity contribution in [1.29, 1.82) is 0 Å². The summed E-state index contributed by atoms with van der Waals surface area (Å²) in [4.78, 5) is 33.7. The molecule has 2 aromatic heterocycles. The van der Waals surface area contributed by atoms with Crippen molar-refractivity contribution in [3.63, 3.8) is 0 Å². The highest BCUT2D eigenvalue weighted by molar-refractivity contribution is 7.17. The predicted molar refractivity (Wildman–Crippen MR) is 103 cm³/mol. The highest BCUT2D eigenvalue weighted by Crippen LogP contribution is 2.33. The van der Waals surface area contributed by atoms with Gasteiger partial charge in [-0.1, -0.05) is 6.07 Å². The quantitative estimate of drug-likeness (QED) is 0.726. The molecule has 0 saturated carbocycles. The van der Waals surface area contributed by atoms with Gasteiger partial charge in [-0.25, -0.2) is 4.98 Å². The second kappa shape index (κ2) is 6.81. The van der Waals surface area contributed by atoms with Crippen LogP contribution in [0.1, 0.15) is 22.3 Å². The molecule has 1 aliphatic heterocycles. The minimum atomic E-state index is -0.539. The largest absolute Gasteiger partial charge is 0.479 e. The highest BCUT2D eigenvalue weighted by Gasteiger charge is 2.24. The third-order valence-electron chi connectivity index (χ3n) is 4.06. The second-order valence-electron chi connectivity index (χ2n) is 6.06. The Balaban J connectivity index is 1.56. The first kappa shape index (κ1) is 17.2. The average molecular weight is 380 g/mol. The van der Waals surface area contributed by atoms with Crippen LogP contribution in [0.15, 0.2) is 42.6 Å². The van der Waals surface area contributed by atoms with E-state index in [0.29, 0.717) is 32.7 Å². The molecule has 0 fully saturated rings. The molecule has 7 nitrogen and oxygen atoms in total. The number of rotatable bonds is 3. The number of carbonyl (C=O) groups is 2. The molecule has 136 valence electrons. The van der Waals surface area contributed by atoms with Crippen LogP contribution >= 0.6 is 11.3 Å². The molecular formula is C19H16N4O3S. The first-order chi connectivity index (χ1) is 13.0. The van der Waals surface area contributed by atoms with Crippen LogP contribution in [0, 0.1) is 6.92 Å². The molecular weight excluding hydrogens is 364 g/mol. The smallest absolute Gasteiger partial charge is 0.267 e. The molecule has 0 bridgehead atoms. The van der Waals surface area contributed by atoms with Gasteiger partial charge in [-0.05, 0) is 44.2 Å². The van der Waals surface area contributed by atoms with Crippen LogP contribution in [0.2, 0.25) is 0 Å². The normalized spacial score (nSPS) is 15.5. The minimum Gasteiger partial charge on any atom is -0.479 e. The van der Waals surface area contributed by atoms with E-state index in [1.54, 1.807) is 38.2 Å². The number of aromatic nitrogens is 2. The summed E-state index contributed by atoms with van der Waals surface area (Å²) in [7, 11) is 0. The summed E-state index contributed by atoms with van der Waals surface area (Å²) < 4.78 is 5.52. The van der Waals surface area contributed by atoms with Crippen LogP contribution in [0.5, 0.6) is 5.75 Å². The summed E-state index contributed by atoms with van der Waals surface area (Å²) in [6, 6.07) is 10.7. The molecule has 8 heteroatoms. The van der Waals surface area contributed by atoms with Crippen molar-refractivity contribution in [2.45, 2.75) is 20.0 Å². The van der Waals surface area contributed by atoms with E-state index < -0.39 is 6.10 Å². The van der Waals surface area contributed by atoms with Gasteiger partial charge < -0.3 is 15.4 Å². The third kappa shape index (κ3) is 3.39. The number of benzene rings is 1. The van der Waals surface area contributed by atoms with Crippen molar-refractivity contribution >= 4 is 34.5 Å². The maximum atomic E-state index is 12.7. The van der Waals surface area contributed by atoms with Crippen LogP contribution in [0.4, 0.5) is 11.4 Å². The molecule has 3 aromatic rings. The molecule has 2 N–H and O–H groups in total. The second-order valence-corrected chi connectivity index (χ2v) is 7.06. The van der Waals surface area contributed by atoms with E-state index in [4.69, 9.17) is 4.74 Å². The zero-order valence-corrected chi connectivity index (χ0v) is 15.5. The van der Waals surface area contributed by atoms with Gasteiger partial charge in [-0.3, -0.25) is 14.6 Å². The first-order valence-electron chi connectivity index (χ1n) is 8.33. The Kier molecular flexibility index (Phi) is 4.33. The number of amides is 2. The molecule has 2 amide bonds. The van der Waals surface area contributed by atoms with Crippen LogP contribution in [-0.4, -0.2) is 27.9 Å². The van der Waals surface area contributed by atoms with Crippen molar-refractivity contribution in [2.24, 2.45) is 0 Å². The summed E-state index contributed by atoms with van der Waals surface area (Å²) >= 11 is 1.29. The highest BCUT2D eigenvalue weighted by atomic mass is 32.1. The lowest BCUT2D eigenvalue weighted by molar-refractivity contribution is -0.122. The van der Waals surface area contributed by atoms with Gasteiger partial charge in [0.1, 0.15) is 15.6 Å². The van der Waals surface area contributed by atoms with Gasteiger partial charge >= 0.3 is 0 Å². The Bertz CT molecular complexity index is 1030. The number of thiazole rings is 1. The number of nitrogens with zero attached hydrogens (tertiary/aromatic N) is 2. The lowest BCUT2D eigenvalue weighted by atomic mass is 10.2. The number of hydrogen-bond acceptors (Lipinski definition) is 6. The van der Waals surface area contributed by atoms with Crippen LogP contribution < -0.4 is 15.4 Å². The maximum absolute atomic E-state index is 12.7. The Hall–Kier alpha value is -3.26. The predicted octanol–water partition coefficient (Wildman–Crippen LogP) is 3.49. The fraction of sp³-hybridized carbons (Fsp3) is 0.158. The topological polar surface area (TPSA) is 93.2 Å². The Morgan fingerprint density at radius 3 is 2.93 bits per heavy atom. The van der Waals surface area contributed by atoms with E-state index in [0.717, 1.165) is 5.69 Å². The molecule has 0 spiro atoms. The number of ether oxygens (including phenoxy) is 1. The number of pyridine rings is 1. The maximum Gasteiger partial charge on any atom is 0.267 e. The number of aryl methyl sites for hydroxylation is 1. The van der Waals surface area contributed by atoms with Gasteiger partial charge in [0.05, 0.1) is 17.1 Å². The lowest BCUT2D eigenvalue weighted by Crippen LogP contribution is -2.34. The fourth-order valence-electron chi connectivity index (χ4n) is 2.68. The van der Waals surface area contributed by atoms with Gasteiger partial charge in [-0.15, -0.1) is 11.3 Å². The number of fused-ring (bicyclic) bond motifs is 1. The number of carbonyl (C=O) groups excluding carboxylic acids is 2. The summed E-state index contributed by atoms with van der Waals surface area (Å²) in [6.07, 6.45) is 1.15. The van der Waals surface area contributed by atoms with Crippen LogP contribution in [-0.2, 0) is 4.79 Å². The molecule has 0 aliphatic carbocycles. The molecule has 3 heterocycles. The standard InChI is InChI=1S/C19H16N4O3S/c1-10-16(27-19(21-10)13-5-3-4-8-20-13)18(25)22-12-6-7-15-14(9-12)23-17(24)11(2)26-15/h3-9,11H,1-2H3,(H,22,25)(H,23,24). The Labute approximate surface area is 159 Å². The molecule has 1 aromatic carbocycles. The van der Waals surface area contributed by atoms with Crippen molar-refractivity contribution in [3.8, 4) is 16.5 Å². The number of hydrogen-bond donors (Lipinski definition) is 2. The Morgan fingerprint density at radius 1 is 1.30 bits per heavy atom. The molecule has 0 saturated heterocycles. The SMILES string of the molecule is Cc1nc(-c2ccccn2)sc1C(=O)Nc1ccc2c(c1)NC(=O)C(C)O2. The summed E-state index contributed by atoms with van der Waals surface area (Å²) in [5, 5.41) is 6.30. The minimum absolute atomic E-state index is 0.218. The number of anilines is 2. The van der Waals surface area contributed by atoms with Gasteiger partial charge in [0.2, 0.25) is 0 Å². The average Bonchev–Trinajstić information content (AvgIpc) is 3.05. The van der Waals surface area contributed by atoms with E-state index in [1.807, 2.05) is 18.2 Å². The Morgan fingerprint density at radius 2 is 2.15 bits per heavy atom. The van der Waals surface area contributed by atoms with Crippen molar-refractivity contribution in [2.75, 3.05) is 10.6 Å².